The zero-order valence-corrected chi connectivity index (χ0v) is 18.5. The van der Waals surface area contributed by atoms with Crippen molar-refractivity contribution in [2.24, 2.45) is 0 Å². The third-order valence-electron chi connectivity index (χ3n) is 6.86. The molecule has 0 nitrogen and oxygen atoms in total. The van der Waals surface area contributed by atoms with Gasteiger partial charge in [0, 0.05) is 17.5 Å². The van der Waals surface area contributed by atoms with Crippen LogP contribution in [-0.4, -0.2) is 0 Å². The van der Waals surface area contributed by atoms with Gasteiger partial charge >= 0.3 is 0 Å². The highest BCUT2D eigenvalue weighted by Gasteiger charge is 2.34. The van der Waals surface area contributed by atoms with Crippen molar-refractivity contribution in [3.63, 3.8) is 0 Å². The lowest BCUT2D eigenvalue weighted by atomic mass is 9.66. The summed E-state index contributed by atoms with van der Waals surface area (Å²) in [6, 6.07) is 11.8. The quantitative estimate of drug-likeness (QED) is 0.382. The average Bonchev–Trinajstić information content (AvgIpc) is 2.77. The zero-order valence-electron chi connectivity index (χ0n) is 18.5. The molecule has 1 saturated carbocycles. The number of unbranched alkanes of at least 4 members (excludes halogenated alkanes) is 2. The number of benzene rings is 2. The van der Waals surface area contributed by atoms with E-state index in [0.29, 0.717) is 17.5 Å². The van der Waals surface area contributed by atoms with Crippen LogP contribution in [0, 0.1) is 5.82 Å². The van der Waals surface area contributed by atoms with Crippen LogP contribution in [-0.2, 0) is 11.3 Å². The molecule has 0 aromatic heterocycles. The van der Waals surface area contributed by atoms with Crippen LogP contribution >= 0.6 is 0 Å². The Labute approximate surface area is 179 Å². The van der Waals surface area contributed by atoms with Gasteiger partial charge in [-0.1, -0.05) is 88.8 Å². The first-order valence-corrected chi connectivity index (χ1v) is 11.7. The topological polar surface area (TPSA) is 0 Å². The minimum atomic E-state index is -2.83. The molecule has 0 unspecified atom stereocenters. The molecule has 164 valence electrons. The summed E-state index contributed by atoms with van der Waals surface area (Å²) < 4.78 is 43.7. The van der Waals surface area contributed by atoms with Crippen molar-refractivity contribution in [3.8, 4) is 11.1 Å². The molecule has 1 fully saturated rings. The first kappa shape index (κ1) is 22.9. The molecule has 0 radical (unpaired) electrons. The summed E-state index contributed by atoms with van der Waals surface area (Å²) in [5.74, 6) is -3.08. The summed E-state index contributed by atoms with van der Waals surface area (Å²) in [4.78, 5) is 0. The predicted octanol–water partition coefficient (Wildman–Crippen LogP) is 9.17. The van der Waals surface area contributed by atoms with Gasteiger partial charge in [0.25, 0.3) is 5.92 Å². The third kappa shape index (κ3) is 5.10. The molecule has 2 aromatic carbocycles. The van der Waals surface area contributed by atoms with Crippen LogP contribution in [0.1, 0.15) is 95.6 Å². The highest BCUT2D eigenvalue weighted by molar-refractivity contribution is 5.65. The van der Waals surface area contributed by atoms with Gasteiger partial charge in [-0.25, -0.2) is 13.2 Å². The number of rotatable bonds is 9. The predicted molar refractivity (Wildman–Crippen MR) is 120 cm³/mol. The van der Waals surface area contributed by atoms with Crippen LogP contribution in [0.5, 0.6) is 0 Å². The van der Waals surface area contributed by atoms with E-state index >= 15 is 4.39 Å². The van der Waals surface area contributed by atoms with Crippen molar-refractivity contribution in [1.29, 1.82) is 0 Å². The smallest absolute Gasteiger partial charge is 0.206 e. The highest BCUT2D eigenvalue weighted by atomic mass is 19.3. The van der Waals surface area contributed by atoms with E-state index < -0.39 is 5.92 Å². The average molecular weight is 417 g/mol. The minimum absolute atomic E-state index is 0.0115. The van der Waals surface area contributed by atoms with Crippen molar-refractivity contribution >= 4 is 0 Å². The van der Waals surface area contributed by atoms with Gasteiger partial charge in [0.05, 0.1) is 0 Å². The van der Waals surface area contributed by atoms with E-state index in [-0.39, 0.29) is 23.2 Å². The molecule has 30 heavy (non-hydrogen) atoms. The van der Waals surface area contributed by atoms with Gasteiger partial charge in [0.15, 0.2) is 0 Å². The molecule has 3 rings (SSSR count). The summed E-state index contributed by atoms with van der Waals surface area (Å²) in [5.41, 5.74) is 2.36. The fourth-order valence-corrected chi connectivity index (χ4v) is 4.94. The fraction of sp³-hybridized carbons (Fsp3) is 0.556. The van der Waals surface area contributed by atoms with Gasteiger partial charge in [0.1, 0.15) is 5.82 Å². The lowest BCUT2D eigenvalue weighted by Crippen LogP contribution is -2.29. The largest absolute Gasteiger partial charge is 0.273 e. The lowest BCUT2D eigenvalue weighted by Gasteiger charge is -2.38. The van der Waals surface area contributed by atoms with E-state index in [0.717, 1.165) is 44.1 Å². The molecule has 0 saturated heterocycles. The summed E-state index contributed by atoms with van der Waals surface area (Å²) >= 11 is 0. The maximum absolute atomic E-state index is 15.1. The van der Waals surface area contributed by atoms with Crippen molar-refractivity contribution < 1.29 is 13.2 Å². The van der Waals surface area contributed by atoms with Crippen LogP contribution in [0.25, 0.3) is 11.1 Å². The molecule has 0 spiro atoms. The van der Waals surface area contributed by atoms with Crippen LogP contribution < -0.4 is 0 Å². The third-order valence-corrected chi connectivity index (χ3v) is 6.86. The van der Waals surface area contributed by atoms with Gasteiger partial charge in [-0.05, 0) is 48.3 Å². The van der Waals surface area contributed by atoms with Gasteiger partial charge in [-0.3, -0.25) is 0 Å². The van der Waals surface area contributed by atoms with Gasteiger partial charge in [-0.2, -0.15) is 0 Å². The fourth-order valence-electron chi connectivity index (χ4n) is 4.94. The maximum Gasteiger partial charge on any atom is 0.273 e. The second-order valence-electron chi connectivity index (χ2n) is 9.02. The summed E-state index contributed by atoms with van der Waals surface area (Å²) in [6.45, 7) is 4.11. The standard InChI is InChI=1S/C27H35F3/c1-3-5-16-26(17-8-7-9-18-26)23-14-15-24(25(28)20-23)21-10-12-22(13-11-21)27(29,30)19-6-4-2/h10-15,20H,3-9,16-19H2,1-2H3. The van der Waals surface area contributed by atoms with Crippen LogP contribution in [0.4, 0.5) is 13.2 Å². The Morgan fingerprint density at radius 2 is 1.53 bits per heavy atom. The Kier molecular flexibility index (Phi) is 7.65. The molecular weight excluding hydrogens is 381 g/mol. The monoisotopic (exact) mass is 416 g/mol. The van der Waals surface area contributed by atoms with Gasteiger partial charge in [-0.15, -0.1) is 0 Å². The molecule has 0 N–H and O–H groups in total. The molecule has 0 heterocycles. The molecule has 0 bridgehead atoms. The Bertz CT molecular complexity index is 801. The SMILES string of the molecule is CCCCC(F)(F)c1ccc(-c2ccc(C3(CCCC)CCCCC3)cc2F)cc1. The molecule has 2 aromatic rings. The molecule has 0 aliphatic heterocycles. The van der Waals surface area contributed by atoms with Crippen LogP contribution in [0.15, 0.2) is 42.5 Å². The van der Waals surface area contributed by atoms with E-state index in [1.54, 1.807) is 18.2 Å². The molecule has 1 aliphatic rings. The molecule has 0 atom stereocenters. The molecule has 0 amide bonds. The normalized spacial score (nSPS) is 16.6. The number of alkyl halides is 2. The first-order valence-electron chi connectivity index (χ1n) is 11.7. The Hall–Kier alpha value is -1.77. The number of halogens is 3. The summed E-state index contributed by atoms with van der Waals surface area (Å²) in [6.07, 6.45) is 10.5. The first-order chi connectivity index (χ1) is 14.4. The number of hydrogen-bond donors (Lipinski definition) is 0. The second-order valence-corrected chi connectivity index (χ2v) is 9.02. The second kappa shape index (κ2) is 10.0. The van der Waals surface area contributed by atoms with Gasteiger partial charge in [0.2, 0.25) is 0 Å². The Balaban J connectivity index is 1.84. The van der Waals surface area contributed by atoms with Crippen molar-refractivity contribution in [3.05, 3.63) is 59.4 Å². The van der Waals surface area contributed by atoms with E-state index in [1.807, 2.05) is 13.0 Å². The molecule has 1 aliphatic carbocycles. The lowest BCUT2D eigenvalue weighted by molar-refractivity contribution is -0.0154. The Morgan fingerprint density at radius 1 is 0.867 bits per heavy atom. The van der Waals surface area contributed by atoms with E-state index in [9.17, 15) is 8.78 Å². The molecular formula is C27H35F3. The highest BCUT2D eigenvalue weighted by Crippen LogP contribution is 2.44. The maximum atomic E-state index is 15.1. The Morgan fingerprint density at radius 3 is 2.13 bits per heavy atom. The molecule has 3 heteroatoms. The van der Waals surface area contributed by atoms with E-state index in [4.69, 9.17) is 0 Å². The minimum Gasteiger partial charge on any atom is -0.206 e. The number of hydrogen-bond acceptors (Lipinski definition) is 0. The van der Waals surface area contributed by atoms with Crippen LogP contribution in [0.3, 0.4) is 0 Å². The summed E-state index contributed by atoms with van der Waals surface area (Å²) in [5, 5.41) is 0. The zero-order chi connectivity index (χ0) is 21.6. The van der Waals surface area contributed by atoms with Crippen LogP contribution in [0.2, 0.25) is 0 Å². The van der Waals surface area contributed by atoms with E-state index in [2.05, 4.69) is 13.0 Å². The summed E-state index contributed by atoms with van der Waals surface area (Å²) in [7, 11) is 0. The van der Waals surface area contributed by atoms with Crippen molar-refractivity contribution in [2.45, 2.75) is 95.8 Å². The van der Waals surface area contributed by atoms with Gasteiger partial charge < -0.3 is 0 Å². The van der Waals surface area contributed by atoms with Crippen molar-refractivity contribution in [2.75, 3.05) is 0 Å². The van der Waals surface area contributed by atoms with Crippen molar-refractivity contribution in [1.82, 2.24) is 0 Å². The van der Waals surface area contributed by atoms with E-state index in [1.165, 1.54) is 31.4 Å².